The molecule has 1 atom stereocenters. The van der Waals surface area contributed by atoms with Gasteiger partial charge in [0, 0.05) is 5.88 Å². The maximum atomic E-state index is 10.5. The Kier molecular flexibility index (Phi) is 4.32. The fourth-order valence-corrected chi connectivity index (χ4v) is 0.720. The number of Topliss-reactive ketones (excluding diaryl/α,β-unsaturated/α-hetero) is 1. The molecule has 0 N–H and O–H groups in total. The van der Waals surface area contributed by atoms with Crippen LogP contribution in [0.15, 0.2) is 0 Å². The van der Waals surface area contributed by atoms with E-state index in [2.05, 4.69) is 0 Å². The second-order valence-corrected chi connectivity index (χ2v) is 2.21. The van der Waals surface area contributed by atoms with Crippen LogP contribution in [0, 0.1) is 5.92 Å². The number of rotatable bonds is 4. The van der Waals surface area contributed by atoms with Gasteiger partial charge in [-0.1, -0.05) is 0 Å². The van der Waals surface area contributed by atoms with Crippen LogP contribution >= 0.6 is 11.6 Å². The molecule has 0 heterocycles. The molecule has 0 aromatic rings. The molecule has 0 aliphatic carbocycles. The zero-order valence-electron chi connectivity index (χ0n) is 5.26. The molecule has 0 aromatic carbocycles. The van der Waals surface area contributed by atoms with Crippen LogP contribution in [0.25, 0.3) is 0 Å². The van der Waals surface area contributed by atoms with E-state index in [1.54, 1.807) is 0 Å². The number of hydrogen-bond acceptors (Lipinski definition) is 2. The Balaban J connectivity index is 3.68. The van der Waals surface area contributed by atoms with Crippen LogP contribution in [0.3, 0.4) is 0 Å². The fraction of sp³-hybridized carbons (Fsp3) is 0.667. The lowest BCUT2D eigenvalue weighted by molar-refractivity contribution is -0.125. The molecule has 0 saturated heterocycles. The van der Waals surface area contributed by atoms with Crippen LogP contribution in [-0.2, 0) is 9.59 Å². The van der Waals surface area contributed by atoms with Gasteiger partial charge in [0.2, 0.25) is 0 Å². The van der Waals surface area contributed by atoms with Crippen molar-refractivity contribution in [2.75, 3.05) is 5.88 Å². The molecular formula is C6H9ClO2. The normalized spacial score (nSPS) is 12.7. The van der Waals surface area contributed by atoms with Crippen molar-refractivity contribution in [3.8, 4) is 0 Å². The van der Waals surface area contributed by atoms with E-state index in [0.29, 0.717) is 18.6 Å². The standard InChI is InChI=1S/C6H9ClO2/c1-5(9)6(4-8)2-3-7/h4,6H,2-3H2,1H3. The summed E-state index contributed by atoms with van der Waals surface area (Å²) in [6.45, 7) is 1.39. The molecule has 0 amide bonds. The van der Waals surface area contributed by atoms with Gasteiger partial charge in [-0.2, -0.15) is 0 Å². The Morgan fingerprint density at radius 3 is 2.44 bits per heavy atom. The molecule has 0 spiro atoms. The Morgan fingerprint density at radius 1 is 1.78 bits per heavy atom. The highest BCUT2D eigenvalue weighted by atomic mass is 35.5. The molecule has 0 rings (SSSR count). The molecule has 1 unspecified atom stereocenters. The third-order valence-corrected chi connectivity index (χ3v) is 1.32. The summed E-state index contributed by atoms with van der Waals surface area (Å²) >= 11 is 5.31. The Labute approximate surface area is 59.2 Å². The van der Waals surface area contributed by atoms with Crippen LogP contribution in [0.1, 0.15) is 13.3 Å². The highest BCUT2D eigenvalue weighted by Gasteiger charge is 2.10. The average Bonchev–Trinajstić information content (AvgIpc) is 1.82. The summed E-state index contributed by atoms with van der Waals surface area (Å²) in [6, 6.07) is 0. The maximum absolute atomic E-state index is 10.5. The number of ketones is 1. The summed E-state index contributed by atoms with van der Waals surface area (Å²) in [5, 5.41) is 0. The number of hydrogen-bond donors (Lipinski definition) is 0. The summed E-state index contributed by atoms with van der Waals surface area (Å²) in [5.74, 6) is -0.226. The van der Waals surface area contributed by atoms with Gasteiger partial charge in [-0.3, -0.25) is 4.79 Å². The van der Waals surface area contributed by atoms with E-state index in [1.165, 1.54) is 6.92 Å². The zero-order chi connectivity index (χ0) is 7.28. The van der Waals surface area contributed by atoms with Gasteiger partial charge in [0.05, 0.1) is 5.92 Å². The van der Waals surface area contributed by atoms with Crippen LogP contribution in [0.4, 0.5) is 0 Å². The summed E-state index contributed by atoms with van der Waals surface area (Å²) in [7, 11) is 0. The molecule has 52 valence electrons. The first-order chi connectivity index (χ1) is 4.22. The van der Waals surface area contributed by atoms with Crippen molar-refractivity contribution in [1.82, 2.24) is 0 Å². The summed E-state index contributed by atoms with van der Waals surface area (Å²) in [6.07, 6.45) is 1.10. The molecule has 9 heavy (non-hydrogen) atoms. The second-order valence-electron chi connectivity index (χ2n) is 1.83. The predicted molar refractivity (Wildman–Crippen MR) is 35.6 cm³/mol. The number of halogens is 1. The summed E-state index contributed by atoms with van der Waals surface area (Å²) < 4.78 is 0. The molecule has 2 nitrogen and oxygen atoms in total. The van der Waals surface area contributed by atoms with Crippen molar-refractivity contribution in [3.05, 3.63) is 0 Å². The van der Waals surface area contributed by atoms with Gasteiger partial charge in [0.25, 0.3) is 0 Å². The molecule has 0 saturated carbocycles. The minimum Gasteiger partial charge on any atom is -0.303 e. The highest BCUT2D eigenvalue weighted by molar-refractivity contribution is 6.18. The van der Waals surface area contributed by atoms with E-state index in [4.69, 9.17) is 11.6 Å². The van der Waals surface area contributed by atoms with Crippen molar-refractivity contribution in [2.24, 2.45) is 5.92 Å². The van der Waals surface area contributed by atoms with E-state index in [1.807, 2.05) is 0 Å². The van der Waals surface area contributed by atoms with Gasteiger partial charge in [-0.05, 0) is 13.3 Å². The smallest absolute Gasteiger partial charge is 0.140 e. The lowest BCUT2D eigenvalue weighted by Crippen LogP contribution is -2.12. The van der Waals surface area contributed by atoms with Gasteiger partial charge in [0.15, 0.2) is 0 Å². The Hall–Kier alpha value is -0.370. The Bertz CT molecular complexity index is 112. The third-order valence-electron chi connectivity index (χ3n) is 1.11. The van der Waals surface area contributed by atoms with Gasteiger partial charge in [0.1, 0.15) is 12.1 Å². The van der Waals surface area contributed by atoms with E-state index in [0.717, 1.165) is 0 Å². The quantitative estimate of drug-likeness (QED) is 0.339. The number of aldehydes is 1. The van der Waals surface area contributed by atoms with Gasteiger partial charge in [-0.25, -0.2) is 0 Å². The molecule has 0 aliphatic rings. The number of alkyl halides is 1. The number of carbonyl (C=O) groups excluding carboxylic acids is 2. The molecule has 0 bridgehead atoms. The average molecular weight is 149 g/mol. The molecule has 3 heteroatoms. The minimum absolute atomic E-state index is 0.106. The largest absolute Gasteiger partial charge is 0.303 e. The first-order valence-electron chi connectivity index (χ1n) is 2.74. The Morgan fingerprint density at radius 2 is 2.33 bits per heavy atom. The minimum atomic E-state index is -0.484. The van der Waals surface area contributed by atoms with Crippen LogP contribution in [0.2, 0.25) is 0 Å². The molecule has 0 aliphatic heterocycles. The first kappa shape index (κ1) is 8.63. The fourth-order valence-electron chi connectivity index (χ4n) is 0.485. The van der Waals surface area contributed by atoms with E-state index in [9.17, 15) is 9.59 Å². The number of carbonyl (C=O) groups is 2. The molecule has 0 fully saturated rings. The van der Waals surface area contributed by atoms with E-state index in [-0.39, 0.29) is 5.78 Å². The van der Waals surface area contributed by atoms with Crippen LogP contribution < -0.4 is 0 Å². The second kappa shape index (κ2) is 4.50. The van der Waals surface area contributed by atoms with Crippen molar-refractivity contribution in [1.29, 1.82) is 0 Å². The van der Waals surface area contributed by atoms with Crippen molar-refractivity contribution in [3.63, 3.8) is 0 Å². The lowest BCUT2D eigenvalue weighted by Gasteiger charge is -1.99. The summed E-state index contributed by atoms with van der Waals surface area (Å²) in [4.78, 5) is 20.5. The van der Waals surface area contributed by atoms with Gasteiger partial charge < -0.3 is 4.79 Å². The topological polar surface area (TPSA) is 34.1 Å². The molecule has 0 radical (unpaired) electrons. The van der Waals surface area contributed by atoms with Gasteiger partial charge >= 0.3 is 0 Å². The van der Waals surface area contributed by atoms with Crippen LogP contribution in [0.5, 0.6) is 0 Å². The monoisotopic (exact) mass is 148 g/mol. The summed E-state index contributed by atoms with van der Waals surface area (Å²) in [5.41, 5.74) is 0. The van der Waals surface area contributed by atoms with E-state index >= 15 is 0 Å². The first-order valence-corrected chi connectivity index (χ1v) is 3.27. The van der Waals surface area contributed by atoms with Crippen molar-refractivity contribution >= 4 is 23.7 Å². The van der Waals surface area contributed by atoms with E-state index < -0.39 is 5.92 Å². The van der Waals surface area contributed by atoms with Crippen LogP contribution in [-0.4, -0.2) is 17.9 Å². The highest BCUT2D eigenvalue weighted by Crippen LogP contribution is 2.01. The van der Waals surface area contributed by atoms with Crippen molar-refractivity contribution in [2.45, 2.75) is 13.3 Å². The van der Waals surface area contributed by atoms with Crippen molar-refractivity contribution < 1.29 is 9.59 Å². The predicted octanol–water partition coefficient (Wildman–Crippen LogP) is 1.02. The zero-order valence-corrected chi connectivity index (χ0v) is 6.02. The lowest BCUT2D eigenvalue weighted by atomic mass is 10.1. The maximum Gasteiger partial charge on any atom is 0.140 e. The molecule has 0 aromatic heterocycles. The molecular weight excluding hydrogens is 140 g/mol. The van der Waals surface area contributed by atoms with Gasteiger partial charge in [-0.15, -0.1) is 11.6 Å². The SMILES string of the molecule is CC(=O)C(C=O)CCCl. The third kappa shape index (κ3) is 3.25.